The highest BCUT2D eigenvalue weighted by molar-refractivity contribution is 6.00. The molecule has 11 atom stereocenters. The Balaban J connectivity index is 1.12. The zero-order valence-electron chi connectivity index (χ0n) is 56.7. The lowest BCUT2D eigenvalue weighted by molar-refractivity contribution is -0.143. The first-order valence-electron chi connectivity index (χ1n) is 32.6. The molecular weight excluding hydrogens is 1340 g/mol. The van der Waals surface area contributed by atoms with E-state index in [1.54, 1.807) is 78.9 Å². The lowest BCUT2D eigenvalue weighted by Gasteiger charge is -2.29. The molecule has 5 aromatic carbocycles. The number of aliphatic hydroxyl groups excluding tert-OH is 3. The smallest absolute Gasteiger partial charge is 0.326 e. The van der Waals surface area contributed by atoms with Crippen molar-refractivity contribution < 1.29 is 93.0 Å². The highest BCUT2D eigenvalue weighted by Gasteiger charge is 2.39. The molecule has 6 rings (SSSR count). The van der Waals surface area contributed by atoms with Gasteiger partial charge in [-0.15, -0.1) is 0 Å². The van der Waals surface area contributed by atoms with Gasteiger partial charge in [0, 0.05) is 38.3 Å². The van der Waals surface area contributed by atoms with Gasteiger partial charge < -0.3 is 94.5 Å². The fourth-order valence-corrected chi connectivity index (χ4v) is 10.4. The van der Waals surface area contributed by atoms with E-state index in [1.807, 2.05) is 60.7 Å². The van der Waals surface area contributed by atoms with Crippen LogP contribution in [0.4, 0.5) is 0 Å². The lowest BCUT2D eigenvalue weighted by Crippen LogP contribution is -2.63. The number of carboxylic acid groups (broad SMARTS) is 3. The van der Waals surface area contributed by atoms with Crippen LogP contribution in [0.15, 0.2) is 152 Å². The number of aliphatic hydroxyl groups is 3. The van der Waals surface area contributed by atoms with Crippen molar-refractivity contribution in [1.29, 1.82) is 0 Å². The zero-order chi connectivity index (χ0) is 75.5. The van der Waals surface area contributed by atoms with Crippen LogP contribution in [0.5, 0.6) is 0 Å². The van der Waals surface area contributed by atoms with E-state index in [-0.39, 0.29) is 25.7 Å². The van der Waals surface area contributed by atoms with Gasteiger partial charge in [0.05, 0.1) is 49.8 Å². The third kappa shape index (κ3) is 25.4. The van der Waals surface area contributed by atoms with E-state index >= 15 is 0 Å². The van der Waals surface area contributed by atoms with Gasteiger partial charge in [0.15, 0.2) is 0 Å². The summed E-state index contributed by atoms with van der Waals surface area (Å²) in [4.78, 5) is 182. The Bertz CT molecular complexity index is 3900. The fraction of sp³-hybridized carbons (Fsp3) is 0.352. The summed E-state index contributed by atoms with van der Waals surface area (Å²) in [6, 6.07) is 24.6. The van der Waals surface area contributed by atoms with Gasteiger partial charge in [0.2, 0.25) is 59.1 Å². The predicted octanol–water partition coefficient (Wildman–Crippen LogP) is -1.59. The molecule has 0 unspecified atom stereocenters. The van der Waals surface area contributed by atoms with Gasteiger partial charge in [0.25, 0.3) is 0 Å². The summed E-state index contributed by atoms with van der Waals surface area (Å²) in [7, 11) is 0. The monoisotopic (exact) mass is 1420 g/mol. The number of carboxylic acids is 3. The van der Waals surface area contributed by atoms with Crippen molar-refractivity contribution in [1.82, 2.24) is 63.1 Å². The standard InChI is InChI=1S/C71H85N13O19/c1-39(86)59(82-56(88)36-74-62(94)50(28-29-57(89)90)81-70(103)71(3,4)84-61(93)49(72)33-48-35-73-38-75-48)67(99)78-52(30-41-14-8-5-9-15-41)65(97)83-60(40(2)87)68(100)80-55(37-85)66(98)77-53(34-58(91)92)64(96)76-51(31-42-20-24-46(25-21-42)44-16-10-6-11-17-44)63(95)79-54(69(101)102)32-43-22-26-47(27-23-43)45-18-12-7-13-19-45/h5-27,35,38-40,49-55,59-60,85-87H,28-34,36-37,72H2,1-4H3,(H,73,75)(H,74,94)(H,76,96)(H,77,98)(H,78,99)(H,79,95)(H,80,100)(H,81,103)(H,82,88)(H,83,97)(H,84,93)(H,89,90)(H,91,92)(H,101,102)/t39-,40-,49+,50+,51+,52-,53+,54+,55+,59+,60+/m1/s1. The van der Waals surface area contributed by atoms with E-state index in [1.165, 1.54) is 26.4 Å². The Morgan fingerprint density at radius 2 is 0.893 bits per heavy atom. The number of nitrogens with zero attached hydrogens (tertiary/aromatic N) is 1. The maximum atomic E-state index is 14.3. The van der Waals surface area contributed by atoms with Gasteiger partial charge in [-0.2, -0.15) is 0 Å². The molecule has 0 saturated carbocycles. The zero-order valence-corrected chi connectivity index (χ0v) is 56.7. The minimum Gasteiger partial charge on any atom is -0.481 e. The summed E-state index contributed by atoms with van der Waals surface area (Å²) in [6.07, 6.45) is -3.81. The number of nitrogens with one attached hydrogen (secondary N) is 11. The van der Waals surface area contributed by atoms with Crippen LogP contribution in [-0.2, 0) is 88.0 Å². The van der Waals surface area contributed by atoms with Crippen LogP contribution in [0.25, 0.3) is 22.3 Å². The first kappa shape index (κ1) is 80.2. The molecular formula is C71H85N13O19. The van der Waals surface area contributed by atoms with Gasteiger partial charge in [-0.1, -0.05) is 140 Å². The number of rotatable bonds is 39. The molecule has 6 aromatic rings. The highest BCUT2D eigenvalue weighted by atomic mass is 16.4. The Morgan fingerprint density at radius 1 is 0.466 bits per heavy atom. The second-order valence-electron chi connectivity index (χ2n) is 24.8. The Kier molecular flexibility index (Phi) is 30.2. The van der Waals surface area contributed by atoms with E-state index in [4.69, 9.17) is 5.73 Å². The minimum atomic E-state index is -2.06. The summed E-state index contributed by atoms with van der Waals surface area (Å²) in [5.41, 5.74) is 9.52. The fourth-order valence-electron chi connectivity index (χ4n) is 10.4. The van der Waals surface area contributed by atoms with E-state index in [0.717, 1.165) is 36.1 Å². The van der Waals surface area contributed by atoms with Crippen molar-refractivity contribution >= 4 is 77.0 Å². The number of hydrogen-bond acceptors (Lipinski definition) is 18. The molecule has 1 heterocycles. The molecule has 0 aliphatic carbocycles. The molecule has 548 valence electrons. The summed E-state index contributed by atoms with van der Waals surface area (Å²) in [6.45, 7) is 2.53. The van der Waals surface area contributed by atoms with Crippen LogP contribution in [0, 0.1) is 0 Å². The maximum absolute atomic E-state index is 14.3. The van der Waals surface area contributed by atoms with Gasteiger partial charge in [0.1, 0.15) is 53.9 Å². The molecule has 0 saturated heterocycles. The first-order valence-corrected chi connectivity index (χ1v) is 32.6. The molecule has 0 aliphatic rings. The van der Waals surface area contributed by atoms with Crippen LogP contribution in [0.3, 0.4) is 0 Å². The lowest BCUT2D eigenvalue weighted by atomic mass is 9.98. The summed E-state index contributed by atoms with van der Waals surface area (Å²) >= 11 is 0. The van der Waals surface area contributed by atoms with Crippen LogP contribution >= 0.6 is 0 Å². The van der Waals surface area contributed by atoms with E-state index in [0.29, 0.717) is 22.4 Å². The van der Waals surface area contributed by atoms with E-state index in [9.17, 15) is 93.0 Å². The first-order chi connectivity index (χ1) is 48.9. The molecule has 1 aromatic heterocycles. The van der Waals surface area contributed by atoms with Crippen molar-refractivity contribution in [2.24, 2.45) is 5.73 Å². The largest absolute Gasteiger partial charge is 0.481 e. The normalized spacial score (nSPS) is 14.4. The molecule has 0 bridgehead atoms. The van der Waals surface area contributed by atoms with Crippen LogP contribution < -0.4 is 58.9 Å². The third-order valence-corrected chi connectivity index (χ3v) is 16.2. The number of nitrogens with two attached hydrogens (primary N) is 1. The number of carbonyl (C=O) groups excluding carboxylic acids is 10. The number of imidazole rings is 1. The molecule has 0 radical (unpaired) electrons. The number of aromatic amines is 1. The summed E-state index contributed by atoms with van der Waals surface area (Å²) in [5, 5.41) is 85.2. The molecule has 32 nitrogen and oxygen atoms in total. The second kappa shape index (κ2) is 38.7. The Labute approximate surface area is 591 Å². The molecule has 32 heteroatoms. The number of carbonyl (C=O) groups is 13. The maximum Gasteiger partial charge on any atom is 0.326 e. The van der Waals surface area contributed by atoms with Gasteiger partial charge in [-0.3, -0.25) is 57.5 Å². The summed E-state index contributed by atoms with van der Waals surface area (Å²) < 4.78 is 0. The van der Waals surface area contributed by atoms with Gasteiger partial charge in [-0.05, 0) is 73.1 Å². The molecule has 19 N–H and O–H groups in total. The molecule has 10 amide bonds. The van der Waals surface area contributed by atoms with Gasteiger partial charge >= 0.3 is 17.9 Å². The SMILES string of the molecule is C[C@@H](O)[C@H](NC(=O)CNC(=O)[C@H](CCC(=O)O)NC(=O)C(C)(C)NC(=O)[C@@H](N)Cc1c[nH]cn1)C(=O)N[C@H](Cc1ccccc1)C(=O)N[C@H](C(=O)N[C@@H](CO)C(=O)N[C@@H](CC(=O)O)C(=O)N[C@@H](Cc1ccc(-c2ccccc2)cc1)C(=O)N[C@@H](Cc1ccc(-c2ccccc2)cc1)C(=O)O)[C@@H](C)O. The number of amides is 10. The molecule has 0 spiro atoms. The number of hydrogen-bond donors (Lipinski definition) is 18. The van der Waals surface area contributed by atoms with E-state index < -0.39 is 182 Å². The quantitative estimate of drug-likeness (QED) is 0.0207. The van der Waals surface area contributed by atoms with Crippen molar-refractivity contribution in [3.05, 3.63) is 174 Å². The van der Waals surface area contributed by atoms with Crippen molar-refractivity contribution in [2.75, 3.05) is 13.2 Å². The Hall–Kier alpha value is -11.7. The molecule has 0 aliphatic heterocycles. The number of H-pyrrole nitrogens is 1. The molecule has 0 fully saturated rings. The van der Waals surface area contributed by atoms with Crippen molar-refractivity contribution in [3.8, 4) is 22.3 Å². The molecule has 103 heavy (non-hydrogen) atoms. The Morgan fingerprint density at radius 3 is 1.37 bits per heavy atom. The van der Waals surface area contributed by atoms with Crippen LogP contribution in [0.2, 0.25) is 0 Å². The summed E-state index contributed by atoms with van der Waals surface area (Å²) in [5.74, 6) is -15.8. The highest BCUT2D eigenvalue weighted by Crippen LogP contribution is 2.22. The predicted molar refractivity (Wildman–Crippen MR) is 369 cm³/mol. The van der Waals surface area contributed by atoms with E-state index in [2.05, 4.69) is 63.1 Å². The number of aromatic nitrogens is 2. The average Bonchev–Trinajstić information content (AvgIpc) is 0.903. The number of aliphatic carboxylic acids is 3. The van der Waals surface area contributed by atoms with Gasteiger partial charge in [-0.25, -0.2) is 9.78 Å². The topological polar surface area (TPSA) is 518 Å². The van der Waals surface area contributed by atoms with Crippen molar-refractivity contribution in [3.63, 3.8) is 0 Å². The minimum absolute atomic E-state index is 0.00118. The number of benzene rings is 5. The average molecular weight is 1420 g/mol. The van der Waals surface area contributed by atoms with Crippen LogP contribution in [0.1, 0.15) is 69.3 Å². The third-order valence-electron chi connectivity index (χ3n) is 16.2. The second-order valence-corrected chi connectivity index (χ2v) is 24.8. The van der Waals surface area contributed by atoms with Crippen LogP contribution in [-0.4, -0.2) is 203 Å². The van der Waals surface area contributed by atoms with Crippen molar-refractivity contribution in [2.45, 2.75) is 145 Å².